The van der Waals surface area contributed by atoms with Crippen LogP contribution in [0.3, 0.4) is 0 Å². The molecule has 0 saturated carbocycles. The third-order valence-electron chi connectivity index (χ3n) is 8.98. The van der Waals surface area contributed by atoms with Crippen LogP contribution in [0.1, 0.15) is 41.0 Å². The van der Waals surface area contributed by atoms with E-state index < -0.39 is 12.1 Å². The monoisotopic (exact) mass is 600 g/mol. The van der Waals surface area contributed by atoms with Gasteiger partial charge in [0, 0.05) is 38.5 Å². The number of benzene rings is 4. The lowest BCUT2D eigenvalue weighted by atomic mass is 9.88. The van der Waals surface area contributed by atoms with Gasteiger partial charge in [-0.2, -0.15) is 0 Å². The van der Waals surface area contributed by atoms with Gasteiger partial charge in [-0.25, -0.2) is 4.79 Å². The zero-order chi connectivity index (χ0) is 31.0. The first-order chi connectivity index (χ1) is 22.1. The number of urea groups is 1. The molecule has 7 nitrogen and oxygen atoms in total. The molecule has 1 unspecified atom stereocenters. The second-order valence-electron chi connectivity index (χ2n) is 12.0. The molecule has 4 aromatic carbocycles. The van der Waals surface area contributed by atoms with E-state index in [1.54, 1.807) is 9.80 Å². The number of nitrogens with one attached hydrogen (secondary N) is 1. The van der Waals surface area contributed by atoms with Crippen LogP contribution in [0.2, 0.25) is 0 Å². The second-order valence-corrected chi connectivity index (χ2v) is 12.0. The lowest BCUT2D eigenvalue weighted by Crippen LogP contribution is -2.62. The molecule has 45 heavy (non-hydrogen) atoms. The molecule has 4 amide bonds. The zero-order valence-electron chi connectivity index (χ0n) is 25.5. The van der Waals surface area contributed by atoms with E-state index >= 15 is 0 Å². The zero-order valence-corrected chi connectivity index (χ0v) is 25.5. The summed E-state index contributed by atoms with van der Waals surface area (Å²) in [5.41, 5.74) is 4.48. The molecule has 0 spiro atoms. The Morgan fingerprint density at radius 2 is 1.29 bits per heavy atom. The van der Waals surface area contributed by atoms with Crippen LogP contribution >= 0.6 is 0 Å². The Hall–Kier alpha value is -4.91. The molecule has 230 valence electrons. The molecule has 7 heteroatoms. The molecular formula is C38H40N4O3. The lowest BCUT2D eigenvalue weighted by Gasteiger charge is -2.43. The van der Waals surface area contributed by atoms with Crippen LogP contribution in [0.4, 0.5) is 4.79 Å². The highest BCUT2D eigenvalue weighted by molar-refractivity contribution is 5.85. The number of hydrogen-bond donors (Lipinski definition) is 1. The van der Waals surface area contributed by atoms with Crippen molar-refractivity contribution in [2.24, 2.45) is 5.92 Å². The van der Waals surface area contributed by atoms with Crippen molar-refractivity contribution in [2.75, 3.05) is 26.2 Å². The minimum absolute atomic E-state index is 0.00954. The summed E-state index contributed by atoms with van der Waals surface area (Å²) >= 11 is 0. The van der Waals surface area contributed by atoms with E-state index in [0.29, 0.717) is 26.1 Å². The Kier molecular flexibility index (Phi) is 9.54. The van der Waals surface area contributed by atoms with Crippen molar-refractivity contribution in [3.63, 3.8) is 0 Å². The van der Waals surface area contributed by atoms with E-state index in [-0.39, 0.29) is 43.3 Å². The molecular weight excluding hydrogens is 560 g/mol. The van der Waals surface area contributed by atoms with E-state index in [0.717, 1.165) is 17.5 Å². The molecule has 0 aromatic heterocycles. The van der Waals surface area contributed by atoms with Gasteiger partial charge in [0.05, 0.1) is 12.5 Å². The summed E-state index contributed by atoms with van der Waals surface area (Å²) in [6.07, 6.45) is 0.983. The van der Waals surface area contributed by atoms with Crippen molar-refractivity contribution in [3.05, 3.63) is 144 Å². The van der Waals surface area contributed by atoms with E-state index in [9.17, 15) is 14.4 Å². The summed E-state index contributed by atoms with van der Waals surface area (Å²) in [6, 6.07) is 40.4. The first kappa shape index (κ1) is 30.1. The highest BCUT2D eigenvalue weighted by Crippen LogP contribution is 2.29. The molecule has 2 fully saturated rings. The Morgan fingerprint density at radius 1 is 0.733 bits per heavy atom. The first-order valence-corrected chi connectivity index (χ1v) is 15.9. The Labute approximate surface area is 265 Å². The average molecular weight is 601 g/mol. The number of rotatable bonds is 9. The highest BCUT2D eigenvalue weighted by atomic mass is 16.2. The molecule has 0 bridgehead atoms. The van der Waals surface area contributed by atoms with Crippen LogP contribution in [-0.4, -0.2) is 64.9 Å². The van der Waals surface area contributed by atoms with Gasteiger partial charge in [-0.1, -0.05) is 121 Å². The van der Waals surface area contributed by atoms with Crippen molar-refractivity contribution in [1.82, 2.24) is 20.0 Å². The quantitative estimate of drug-likeness (QED) is 0.269. The lowest BCUT2D eigenvalue weighted by molar-refractivity contribution is -0.142. The smallest absolute Gasteiger partial charge is 0.319 e. The topological polar surface area (TPSA) is 73.0 Å². The van der Waals surface area contributed by atoms with Crippen molar-refractivity contribution >= 4 is 17.8 Å². The number of carbonyl (C=O) groups is 3. The van der Waals surface area contributed by atoms with Crippen LogP contribution in [0.25, 0.3) is 0 Å². The normalized spacial score (nSPS) is 18.5. The summed E-state index contributed by atoms with van der Waals surface area (Å²) < 4.78 is 0. The summed E-state index contributed by atoms with van der Waals surface area (Å²) in [4.78, 5) is 46.6. The molecule has 0 radical (unpaired) electrons. The van der Waals surface area contributed by atoms with Crippen LogP contribution in [0, 0.1) is 5.92 Å². The molecule has 1 N–H and O–H groups in total. The van der Waals surface area contributed by atoms with Gasteiger partial charge in [0.25, 0.3) is 0 Å². The van der Waals surface area contributed by atoms with Crippen molar-refractivity contribution in [1.29, 1.82) is 0 Å². The van der Waals surface area contributed by atoms with Gasteiger partial charge in [0.2, 0.25) is 11.8 Å². The highest BCUT2D eigenvalue weighted by Gasteiger charge is 2.43. The van der Waals surface area contributed by atoms with Crippen molar-refractivity contribution in [3.8, 4) is 0 Å². The molecule has 4 aromatic rings. The molecule has 2 saturated heterocycles. The summed E-state index contributed by atoms with van der Waals surface area (Å²) in [7, 11) is 0. The van der Waals surface area contributed by atoms with Crippen LogP contribution in [0.15, 0.2) is 121 Å². The van der Waals surface area contributed by atoms with Crippen molar-refractivity contribution < 1.29 is 14.4 Å². The maximum Gasteiger partial charge on any atom is 0.319 e. The fourth-order valence-electron chi connectivity index (χ4n) is 6.68. The van der Waals surface area contributed by atoms with Gasteiger partial charge in [0.15, 0.2) is 0 Å². The van der Waals surface area contributed by atoms with Gasteiger partial charge in [-0.05, 0) is 35.1 Å². The third kappa shape index (κ3) is 7.26. The summed E-state index contributed by atoms with van der Waals surface area (Å²) in [6.45, 7) is 1.79. The Bertz CT molecular complexity index is 1530. The van der Waals surface area contributed by atoms with Crippen LogP contribution in [-0.2, 0) is 22.6 Å². The number of fused-ring (bicyclic) bond motifs is 1. The SMILES string of the molecule is O=C1[C@H](Cc2ccccc2)CN2C(=O)CCN(C(=O)NCCC(c3ccccc3)c3ccccc3)C2CN1Cc1ccccc1. The second kappa shape index (κ2) is 14.2. The minimum atomic E-state index is -0.529. The number of nitrogens with zero attached hydrogens (tertiary/aromatic N) is 3. The maximum atomic E-state index is 14.1. The minimum Gasteiger partial charge on any atom is -0.338 e. The molecule has 0 aliphatic carbocycles. The first-order valence-electron chi connectivity index (χ1n) is 15.9. The fraction of sp³-hybridized carbons (Fsp3) is 0.289. The largest absolute Gasteiger partial charge is 0.338 e. The van der Waals surface area contributed by atoms with E-state index in [1.807, 2.05) is 102 Å². The van der Waals surface area contributed by atoms with E-state index in [4.69, 9.17) is 0 Å². The summed E-state index contributed by atoms with van der Waals surface area (Å²) in [5.74, 6) is -0.253. The van der Waals surface area contributed by atoms with Gasteiger partial charge in [0.1, 0.15) is 6.17 Å². The number of hydrogen-bond acceptors (Lipinski definition) is 3. The number of carbonyl (C=O) groups excluding carboxylic acids is 3. The summed E-state index contributed by atoms with van der Waals surface area (Å²) in [5, 5.41) is 3.16. The molecule has 2 aliphatic rings. The van der Waals surface area contributed by atoms with E-state index in [1.165, 1.54) is 11.1 Å². The molecule has 2 heterocycles. The molecule has 2 aliphatic heterocycles. The Balaban J connectivity index is 1.20. The molecule has 6 rings (SSSR count). The predicted octanol–water partition coefficient (Wildman–Crippen LogP) is 5.68. The van der Waals surface area contributed by atoms with Gasteiger partial charge in [-0.3, -0.25) is 9.59 Å². The van der Waals surface area contributed by atoms with Crippen LogP contribution in [0.5, 0.6) is 0 Å². The Morgan fingerprint density at radius 3 is 1.89 bits per heavy atom. The van der Waals surface area contributed by atoms with Gasteiger partial charge >= 0.3 is 6.03 Å². The van der Waals surface area contributed by atoms with Gasteiger partial charge < -0.3 is 20.0 Å². The third-order valence-corrected chi connectivity index (χ3v) is 8.98. The molecule has 2 atom stereocenters. The fourth-order valence-corrected chi connectivity index (χ4v) is 6.68. The van der Waals surface area contributed by atoms with Crippen molar-refractivity contribution in [2.45, 2.75) is 37.9 Å². The van der Waals surface area contributed by atoms with Crippen LogP contribution < -0.4 is 5.32 Å². The predicted molar refractivity (Wildman–Crippen MR) is 175 cm³/mol. The number of amides is 4. The maximum absolute atomic E-state index is 14.1. The standard InChI is InChI=1S/C38H40N4O3/c43-36-22-24-41(38(45)39-23-21-34(31-17-9-3-10-18-31)32-19-11-4-12-20-32)35-28-40(26-30-15-7-2-8-16-30)37(44)33(27-42(35)36)25-29-13-5-1-6-14-29/h1-20,33-35H,21-28H2,(H,39,45)/t33-,35?/m1/s1. The van der Waals surface area contributed by atoms with Gasteiger partial charge in [-0.15, -0.1) is 0 Å². The van der Waals surface area contributed by atoms with E-state index in [2.05, 4.69) is 29.6 Å². The average Bonchev–Trinajstić information content (AvgIpc) is 3.21.